The van der Waals surface area contributed by atoms with E-state index in [1.54, 1.807) is 6.07 Å². The van der Waals surface area contributed by atoms with Crippen molar-refractivity contribution in [3.63, 3.8) is 0 Å². The predicted molar refractivity (Wildman–Crippen MR) is 79.5 cm³/mol. The quantitative estimate of drug-likeness (QED) is 0.886. The van der Waals surface area contributed by atoms with Gasteiger partial charge in [-0.3, -0.25) is 0 Å². The summed E-state index contributed by atoms with van der Waals surface area (Å²) in [5.41, 5.74) is 1.90. The third-order valence-corrected chi connectivity index (χ3v) is 5.23. The molecule has 1 aromatic carbocycles. The highest BCUT2D eigenvalue weighted by molar-refractivity contribution is 5.53. The normalized spacial score (nSPS) is 27.6. The maximum Gasteiger partial charge on any atom is 0.146 e. The van der Waals surface area contributed by atoms with Gasteiger partial charge >= 0.3 is 0 Å². The summed E-state index contributed by atoms with van der Waals surface area (Å²) in [6, 6.07) is 5.63. The van der Waals surface area contributed by atoms with E-state index in [4.69, 9.17) is 4.74 Å². The van der Waals surface area contributed by atoms with Crippen molar-refractivity contribution in [3.05, 3.63) is 29.6 Å². The van der Waals surface area contributed by atoms with Gasteiger partial charge in [-0.25, -0.2) is 4.39 Å². The Balaban J connectivity index is 1.78. The summed E-state index contributed by atoms with van der Waals surface area (Å²) >= 11 is 0. The number of hydrogen-bond donors (Lipinski definition) is 1. The molecule has 3 heteroatoms. The van der Waals surface area contributed by atoms with Crippen molar-refractivity contribution >= 4 is 5.69 Å². The first kappa shape index (κ1) is 13.9. The highest BCUT2D eigenvalue weighted by atomic mass is 19.1. The molecule has 2 nitrogen and oxygen atoms in total. The lowest BCUT2D eigenvalue weighted by atomic mass is 9.60. The van der Waals surface area contributed by atoms with Gasteiger partial charge < -0.3 is 10.1 Å². The monoisotopic (exact) mass is 277 g/mol. The van der Waals surface area contributed by atoms with Crippen LogP contribution >= 0.6 is 0 Å². The van der Waals surface area contributed by atoms with Gasteiger partial charge in [-0.15, -0.1) is 0 Å². The molecule has 2 saturated carbocycles. The second-order valence-corrected chi connectivity index (χ2v) is 6.25. The van der Waals surface area contributed by atoms with Gasteiger partial charge in [0, 0.05) is 18.1 Å². The highest BCUT2D eigenvalue weighted by Crippen LogP contribution is 2.55. The number of benzene rings is 1. The van der Waals surface area contributed by atoms with E-state index in [9.17, 15) is 4.39 Å². The molecule has 0 bridgehead atoms. The van der Waals surface area contributed by atoms with Crippen molar-refractivity contribution in [1.82, 2.24) is 0 Å². The smallest absolute Gasteiger partial charge is 0.146 e. The minimum Gasteiger partial charge on any atom is -0.379 e. The molecule has 2 aliphatic rings. The standard InChI is InChI=1S/C17H24FNO/c1-3-20-15-11-14(17(15)9-4-5-10-17)19-16-12(2)7-6-8-13(16)18/h6-8,14-15,19H,3-5,9-11H2,1-2H3. The van der Waals surface area contributed by atoms with Crippen LogP contribution < -0.4 is 5.32 Å². The molecule has 110 valence electrons. The summed E-state index contributed by atoms with van der Waals surface area (Å²) in [5.74, 6) is -0.141. The zero-order chi connectivity index (χ0) is 14.2. The largest absolute Gasteiger partial charge is 0.379 e. The Morgan fingerprint density at radius 2 is 2.10 bits per heavy atom. The van der Waals surface area contributed by atoms with E-state index >= 15 is 0 Å². The van der Waals surface area contributed by atoms with Crippen molar-refractivity contribution in [1.29, 1.82) is 0 Å². The molecular weight excluding hydrogens is 253 g/mol. The molecule has 2 unspecified atom stereocenters. The average molecular weight is 277 g/mol. The van der Waals surface area contributed by atoms with Crippen molar-refractivity contribution in [2.24, 2.45) is 5.41 Å². The molecule has 20 heavy (non-hydrogen) atoms. The number of para-hydroxylation sites is 1. The molecule has 3 rings (SSSR count). The van der Waals surface area contributed by atoms with E-state index < -0.39 is 0 Å². The van der Waals surface area contributed by atoms with E-state index in [1.807, 2.05) is 13.0 Å². The maximum absolute atomic E-state index is 14.0. The third-order valence-electron chi connectivity index (χ3n) is 5.23. The van der Waals surface area contributed by atoms with E-state index in [0.717, 1.165) is 18.6 Å². The zero-order valence-corrected chi connectivity index (χ0v) is 12.4. The first-order chi connectivity index (χ1) is 9.67. The molecule has 0 heterocycles. The molecule has 0 aromatic heterocycles. The first-order valence-corrected chi connectivity index (χ1v) is 7.80. The van der Waals surface area contributed by atoms with Crippen LogP contribution in [-0.4, -0.2) is 18.8 Å². The van der Waals surface area contributed by atoms with E-state index in [2.05, 4.69) is 12.2 Å². The van der Waals surface area contributed by atoms with Crippen molar-refractivity contribution in [3.8, 4) is 0 Å². The summed E-state index contributed by atoms with van der Waals surface area (Å²) in [6.07, 6.45) is 6.34. The molecule has 2 atom stereocenters. The fourth-order valence-corrected chi connectivity index (χ4v) is 4.08. The number of rotatable bonds is 4. The highest BCUT2D eigenvalue weighted by Gasteiger charge is 2.56. The lowest BCUT2D eigenvalue weighted by Crippen LogP contribution is -2.60. The fraction of sp³-hybridized carbons (Fsp3) is 0.647. The van der Waals surface area contributed by atoms with Gasteiger partial charge in [-0.2, -0.15) is 0 Å². The Bertz CT molecular complexity index is 462. The lowest BCUT2D eigenvalue weighted by Gasteiger charge is -2.54. The van der Waals surface area contributed by atoms with Gasteiger partial charge in [-0.1, -0.05) is 25.0 Å². The molecule has 0 amide bonds. The van der Waals surface area contributed by atoms with Crippen molar-refractivity contribution < 1.29 is 9.13 Å². The summed E-state index contributed by atoms with van der Waals surface area (Å²) in [7, 11) is 0. The summed E-state index contributed by atoms with van der Waals surface area (Å²) in [6.45, 7) is 4.80. The van der Waals surface area contributed by atoms with Gasteiger partial charge in [0.2, 0.25) is 0 Å². The summed E-state index contributed by atoms with van der Waals surface area (Å²) in [4.78, 5) is 0. The number of ether oxygens (including phenoxy) is 1. The Kier molecular flexibility index (Phi) is 3.72. The van der Waals surface area contributed by atoms with Gasteiger partial charge in [0.05, 0.1) is 11.8 Å². The third kappa shape index (κ3) is 2.12. The number of aryl methyl sites for hydroxylation is 1. The molecule has 1 spiro atoms. The number of halogens is 1. The van der Waals surface area contributed by atoms with Crippen LogP contribution in [0.1, 0.15) is 44.6 Å². The minimum atomic E-state index is -0.141. The second kappa shape index (κ2) is 5.36. The van der Waals surface area contributed by atoms with Gasteiger partial charge in [0.1, 0.15) is 5.82 Å². The molecular formula is C17H24FNO. The molecule has 0 aliphatic heterocycles. The lowest BCUT2D eigenvalue weighted by molar-refractivity contribution is -0.114. The SMILES string of the molecule is CCOC1CC(Nc2c(C)cccc2F)C12CCCC2. The minimum absolute atomic E-state index is 0.141. The average Bonchev–Trinajstić information content (AvgIpc) is 2.93. The van der Waals surface area contributed by atoms with Crippen LogP contribution in [0.15, 0.2) is 18.2 Å². The summed E-state index contributed by atoms with van der Waals surface area (Å²) < 4.78 is 19.9. The van der Waals surface area contributed by atoms with Gasteiger partial charge in [0.15, 0.2) is 0 Å². The Hall–Kier alpha value is -1.09. The van der Waals surface area contributed by atoms with Crippen molar-refractivity contribution in [2.45, 2.75) is 58.1 Å². The van der Waals surface area contributed by atoms with Gasteiger partial charge in [0.25, 0.3) is 0 Å². The molecule has 1 aromatic rings. The van der Waals surface area contributed by atoms with Crippen LogP contribution in [0.4, 0.5) is 10.1 Å². The zero-order valence-electron chi connectivity index (χ0n) is 12.4. The molecule has 2 aliphatic carbocycles. The first-order valence-electron chi connectivity index (χ1n) is 7.80. The Morgan fingerprint density at radius 3 is 2.75 bits per heavy atom. The van der Waals surface area contributed by atoms with Crippen molar-refractivity contribution in [2.75, 3.05) is 11.9 Å². The van der Waals surface area contributed by atoms with E-state index in [0.29, 0.717) is 17.8 Å². The topological polar surface area (TPSA) is 21.3 Å². The van der Waals surface area contributed by atoms with Crippen LogP contribution in [0.5, 0.6) is 0 Å². The number of anilines is 1. The predicted octanol–water partition coefficient (Wildman–Crippen LogP) is 4.28. The van der Waals surface area contributed by atoms with E-state index in [1.165, 1.54) is 31.7 Å². The maximum atomic E-state index is 14.0. The van der Waals surface area contributed by atoms with Crippen LogP contribution in [0, 0.1) is 18.2 Å². The van der Waals surface area contributed by atoms with E-state index in [-0.39, 0.29) is 11.2 Å². The van der Waals surface area contributed by atoms with Crippen LogP contribution in [0.3, 0.4) is 0 Å². The number of nitrogens with one attached hydrogen (secondary N) is 1. The Morgan fingerprint density at radius 1 is 1.35 bits per heavy atom. The van der Waals surface area contributed by atoms with Gasteiger partial charge in [-0.05, 0) is 44.7 Å². The Labute approximate surface area is 120 Å². The molecule has 1 N–H and O–H groups in total. The fourth-order valence-electron chi connectivity index (χ4n) is 4.08. The second-order valence-electron chi connectivity index (χ2n) is 6.25. The van der Waals surface area contributed by atoms with Crippen LogP contribution in [0.25, 0.3) is 0 Å². The van der Waals surface area contributed by atoms with Crippen LogP contribution in [0.2, 0.25) is 0 Å². The van der Waals surface area contributed by atoms with Crippen LogP contribution in [-0.2, 0) is 4.74 Å². The molecule has 2 fully saturated rings. The number of hydrogen-bond acceptors (Lipinski definition) is 2. The summed E-state index contributed by atoms with van der Waals surface area (Å²) in [5, 5.41) is 3.48. The molecule has 0 saturated heterocycles. The molecule has 0 radical (unpaired) electrons.